The van der Waals surface area contributed by atoms with Gasteiger partial charge in [-0.05, 0) is 53.6 Å². The molecular formula is C22H17F7O. The van der Waals surface area contributed by atoms with Gasteiger partial charge < -0.3 is 4.74 Å². The van der Waals surface area contributed by atoms with Crippen LogP contribution in [0.25, 0.3) is 21.9 Å². The summed E-state index contributed by atoms with van der Waals surface area (Å²) < 4.78 is 98.0. The monoisotopic (exact) mass is 430 g/mol. The Bertz CT molecular complexity index is 1050. The minimum Gasteiger partial charge on any atom is -0.399 e. The van der Waals surface area contributed by atoms with E-state index in [-0.39, 0.29) is 21.9 Å². The highest BCUT2D eigenvalue weighted by molar-refractivity contribution is 5.89. The average molecular weight is 430 g/mol. The Hall–Kier alpha value is -2.77. The van der Waals surface area contributed by atoms with E-state index in [0.29, 0.717) is 18.1 Å². The summed E-state index contributed by atoms with van der Waals surface area (Å²) in [5.74, 6) is -6.39. The van der Waals surface area contributed by atoms with Crippen LogP contribution in [0.3, 0.4) is 0 Å². The van der Waals surface area contributed by atoms with Crippen molar-refractivity contribution < 1.29 is 35.5 Å². The summed E-state index contributed by atoms with van der Waals surface area (Å²) in [6, 6.07) is 6.32. The van der Waals surface area contributed by atoms with Crippen molar-refractivity contribution in [2.75, 3.05) is 0 Å². The van der Waals surface area contributed by atoms with Gasteiger partial charge in [-0.1, -0.05) is 31.9 Å². The molecule has 3 aromatic carbocycles. The molecule has 0 spiro atoms. The topological polar surface area (TPSA) is 9.23 Å². The lowest BCUT2D eigenvalue weighted by Gasteiger charge is -2.13. The van der Waals surface area contributed by atoms with Gasteiger partial charge in [0.2, 0.25) is 5.75 Å². The summed E-state index contributed by atoms with van der Waals surface area (Å²) in [6.45, 7) is 2.01. The molecule has 0 amide bonds. The molecule has 3 rings (SSSR count). The quantitative estimate of drug-likeness (QED) is 0.288. The summed E-state index contributed by atoms with van der Waals surface area (Å²) in [6.07, 6.45) is -2.10. The SMILES string of the molecule is CCCCCc1cc(F)c(-c2ccc3c(F)c(OC(F)(F)F)c(F)cc3c2)c(F)c1. The van der Waals surface area contributed by atoms with Gasteiger partial charge in [0.05, 0.1) is 5.56 Å². The first-order chi connectivity index (χ1) is 14.1. The second kappa shape index (κ2) is 8.53. The summed E-state index contributed by atoms with van der Waals surface area (Å²) in [7, 11) is 0. The van der Waals surface area contributed by atoms with Gasteiger partial charge >= 0.3 is 6.36 Å². The fraction of sp³-hybridized carbons (Fsp3) is 0.273. The van der Waals surface area contributed by atoms with Crippen LogP contribution in [0.5, 0.6) is 5.75 Å². The van der Waals surface area contributed by atoms with E-state index in [9.17, 15) is 30.7 Å². The van der Waals surface area contributed by atoms with E-state index in [1.54, 1.807) is 0 Å². The number of rotatable bonds is 6. The normalized spacial score (nSPS) is 11.9. The van der Waals surface area contributed by atoms with Crippen LogP contribution in [0, 0.1) is 23.3 Å². The minimum absolute atomic E-state index is 0.000831. The van der Waals surface area contributed by atoms with Gasteiger partial charge in [-0.2, -0.15) is 0 Å². The lowest BCUT2D eigenvalue weighted by molar-refractivity contribution is -0.276. The second-order valence-electron chi connectivity index (χ2n) is 6.88. The van der Waals surface area contributed by atoms with E-state index < -0.39 is 35.4 Å². The third-order valence-electron chi connectivity index (χ3n) is 4.66. The molecule has 3 aromatic rings. The molecule has 0 aromatic heterocycles. The van der Waals surface area contributed by atoms with Crippen molar-refractivity contribution in [3.63, 3.8) is 0 Å². The Morgan fingerprint density at radius 1 is 0.833 bits per heavy atom. The molecule has 0 bridgehead atoms. The number of benzene rings is 3. The van der Waals surface area contributed by atoms with Crippen LogP contribution in [-0.2, 0) is 6.42 Å². The molecule has 30 heavy (non-hydrogen) atoms. The van der Waals surface area contributed by atoms with E-state index in [4.69, 9.17) is 0 Å². The number of hydrogen-bond acceptors (Lipinski definition) is 1. The second-order valence-corrected chi connectivity index (χ2v) is 6.88. The third-order valence-corrected chi connectivity index (χ3v) is 4.66. The molecular weight excluding hydrogens is 413 g/mol. The molecule has 0 aliphatic carbocycles. The number of fused-ring (bicyclic) bond motifs is 1. The van der Waals surface area contributed by atoms with E-state index in [0.717, 1.165) is 37.5 Å². The van der Waals surface area contributed by atoms with Crippen LogP contribution < -0.4 is 4.74 Å². The number of aryl methyl sites for hydroxylation is 1. The van der Waals surface area contributed by atoms with Gasteiger partial charge in [-0.25, -0.2) is 17.6 Å². The Kier molecular flexibility index (Phi) is 6.24. The van der Waals surface area contributed by atoms with Crippen LogP contribution in [0.1, 0.15) is 31.7 Å². The minimum atomic E-state index is -5.28. The number of hydrogen-bond donors (Lipinski definition) is 0. The van der Waals surface area contributed by atoms with Crippen molar-refractivity contribution in [2.45, 2.75) is 39.0 Å². The molecule has 0 saturated heterocycles. The zero-order valence-electron chi connectivity index (χ0n) is 15.8. The molecule has 0 aliphatic heterocycles. The zero-order chi connectivity index (χ0) is 22.1. The van der Waals surface area contributed by atoms with Gasteiger partial charge in [0.25, 0.3) is 0 Å². The highest BCUT2D eigenvalue weighted by Crippen LogP contribution is 2.36. The molecule has 0 saturated carbocycles. The van der Waals surface area contributed by atoms with Crippen molar-refractivity contribution in [3.05, 3.63) is 65.2 Å². The molecule has 1 nitrogen and oxygen atoms in total. The van der Waals surface area contributed by atoms with Gasteiger partial charge in [-0.3, -0.25) is 0 Å². The summed E-state index contributed by atoms with van der Waals surface area (Å²) >= 11 is 0. The largest absolute Gasteiger partial charge is 0.573 e. The molecule has 160 valence electrons. The average Bonchev–Trinajstić information content (AvgIpc) is 2.64. The van der Waals surface area contributed by atoms with Crippen molar-refractivity contribution in [2.24, 2.45) is 0 Å². The van der Waals surface area contributed by atoms with Crippen LogP contribution in [0.2, 0.25) is 0 Å². The summed E-state index contributed by atoms with van der Waals surface area (Å²) in [5, 5.41) is -0.542. The summed E-state index contributed by atoms with van der Waals surface area (Å²) in [4.78, 5) is 0. The van der Waals surface area contributed by atoms with Crippen molar-refractivity contribution in [1.29, 1.82) is 0 Å². The van der Waals surface area contributed by atoms with Crippen molar-refractivity contribution in [3.8, 4) is 16.9 Å². The van der Waals surface area contributed by atoms with Crippen LogP contribution >= 0.6 is 0 Å². The number of alkyl halides is 3. The summed E-state index contributed by atoms with van der Waals surface area (Å²) in [5.41, 5.74) is 0.113. The first-order valence-electron chi connectivity index (χ1n) is 9.26. The molecule has 0 radical (unpaired) electrons. The van der Waals surface area contributed by atoms with Crippen LogP contribution in [-0.4, -0.2) is 6.36 Å². The predicted molar refractivity (Wildman–Crippen MR) is 99.1 cm³/mol. The maximum atomic E-state index is 14.6. The van der Waals surface area contributed by atoms with Crippen molar-refractivity contribution in [1.82, 2.24) is 0 Å². The molecule has 0 aliphatic rings. The van der Waals surface area contributed by atoms with E-state index >= 15 is 0 Å². The van der Waals surface area contributed by atoms with Gasteiger partial charge in [0, 0.05) is 5.39 Å². The molecule has 8 heteroatoms. The van der Waals surface area contributed by atoms with Crippen molar-refractivity contribution >= 4 is 10.8 Å². The Balaban J connectivity index is 2.03. The fourth-order valence-corrected chi connectivity index (χ4v) is 3.30. The lowest BCUT2D eigenvalue weighted by atomic mass is 9.97. The van der Waals surface area contributed by atoms with E-state index in [1.165, 1.54) is 12.1 Å². The standard InChI is InChI=1S/C22H17F7O/c1-2-3-4-5-12-8-16(23)19(17(24)9-12)13-6-7-15-14(10-13)11-18(25)21(20(15)26)30-22(27,28)29/h6-11H,2-5H2,1H3. The van der Waals surface area contributed by atoms with Gasteiger partial charge in [0.15, 0.2) is 11.6 Å². The maximum absolute atomic E-state index is 14.6. The number of ether oxygens (including phenoxy) is 1. The van der Waals surface area contributed by atoms with Gasteiger partial charge in [0.1, 0.15) is 11.6 Å². The first kappa shape index (κ1) is 21.9. The number of halogens is 7. The predicted octanol–water partition coefficient (Wildman–Crippen LogP) is 7.69. The molecule has 0 N–H and O–H groups in total. The maximum Gasteiger partial charge on any atom is 0.573 e. The van der Waals surface area contributed by atoms with Gasteiger partial charge in [-0.15, -0.1) is 13.2 Å². The van der Waals surface area contributed by atoms with E-state index in [2.05, 4.69) is 4.74 Å². The molecule has 0 heterocycles. The smallest absolute Gasteiger partial charge is 0.399 e. The molecule has 0 atom stereocenters. The molecule has 0 fully saturated rings. The highest BCUT2D eigenvalue weighted by Gasteiger charge is 2.34. The fourth-order valence-electron chi connectivity index (χ4n) is 3.30. The lowest BCUT2D eigenvalue weighted by Crippen LogP contribution is -2.19. The Labute approximate surface area is 168 Å². The van der Waals surface area contributed by atoms with E-state index in [1.807, 2.05) is 6.92 Å². The molecule has 0 unspecified atom stereocenters. The number of unbranched alkanes of at least 4 members (excludes halogenated alkanes) is 2. The van der Waals surface area contributed by atoms with Crippen LogP contribution in [0.4, 0.5) is 30.7 Å². The Morgan fingerprint density at radius 2 is 1.50 bits per heavy atom. The first-order valence-corrected chi connectivity index (χ1v) is 9.26. The van der Waals surface area contributed by atoms with Crippen LogP contribution in [0.15, 0.2) is 36.4 Å². The third kappa shape index (κ3) is 4.68. The Morgan fingerprint density at radius 3 is 2.10 bits per heavy atom. The highest BCUT2D eigenvalue weighted by atomic mass is 19.4. The zero-order valence-corrected chi connectivity index (χ0v) is 15.8.